The van der Waals surface area contributed by atoms with Crippen LogP contribution in [0.1, 0.15) is 66.7 Å². The van der Waals surface area contributed by atoms with Gasteiger partial charge in [0.05, 0.1) is 13.0 Å². The highest BCUT2D eigenvalue weighted by Crippen LogP contribution is 2.43. The van der Waals surface area contributed by atoms with E-state index in [1.165, 1.54) is 12.8 Å². The molecule has 3 unspecified atom stereocenters. The molecular formula is C17H33NO2. The minimum atomic E-state index is -0.0614. The molecule has 0 saturated heterocycles. The van der Waals surface area contributed by atoms with Crippen molar-refractivity contribution in [2.24, 2.45) is 17.8 Å². The van der Waals surface area contributed by atoms with Crippen molar-refractivity contribution in [3.05, 3.63) is 0 Å². The molecule has 3 heteroatoms. The van der Waals surface area contributed by atoms with Crippen molar-refractivity contribution in [3.8, 4) is 0 Å². The van der Waals surface area contributed by atoms with Crippen molar-refractivity contribution in [3.63, 3.8) is 0 Å². The Kier molecular flexibility index (Phi) is 7.01. The SMILES string of the molecule is CCCNC1(CC(=O)OCC)CC(C)CCC1C(C)C. The van der Waals surface area contributed by atoms with Crippen LogP contribution in [0.25, 0.3) is 0 Å². The molecule has 3 atom stereocenters. The van der Waals surface area contributed by atoms with E-state index in [0.717, 1.165) is 19.4 Å². The molecule has 1 N–H and O–H groups in total. The van der Waals surface area contributed by atoms with Crippen molar-refractivity contribution < 1.29 is 9.53 Å². The second-order valence-electron chi connectivity index (χ2n) is 6.80. The number of nitrogens with one attached hydrogen (secondary N) is 1. The first-order valence-electron chi connectivity index (χ1n) is 8.35. The number of hydrogen-bond donors (Lipinski definition) is 1. The van der Waals surface area contributed by atoms with Crippen LogP contribution in [-0.4, -0.2) is 24.7 Å². The van der Waals surface area contributed by atoms with E-state index in [2.05, 4.69) is 33.0 Å². The van der Waals surface area contributed by atoms with E-state index in [-0.39, 0.29) is 11.5 Å². The van der Waals surface area contributed by atoms with Gasteiger partial charge in [-0.15, -0.1) is 0 Å². The summed E-state index contributed by atoms with van der Waals surface area (Å²) >= 11 is 0. The summed E-state index contributed by atoms with van der Waals surface area (Å²) < 4.78 is 5.23. The Bertz CT molecular complexity index is 303. The van der Waals surface area contributed by atoms with Crippen LogP contribution in [0, 0.1) is 17.8 Å². The second kappa shape index (κ2) is 8.02. The Morgan fingerprint density at radius 3 is 2.60 bits per heavy atom. The van der Waals surface area contributed by atoms with E-state index in [9.17, 15) is 4.79 Å². The predicted octanol–water partition coefficient (Wildman–Crippen LogP) is 3.77. The van der Waals surface area contributed by atoms with Crippen molar-refractivity contribution >= 4 is 5.97 Å². The van der Waals surface area contributed by atoms with E-state index in [0.29, 0.717) is 30.8 Å². The summed E-state index contributed by atoms with van der Waals surface area (Å²) in [6.45, 7) is 12.4. The molecule has 20 heavy (non-hydrogen) atoms. The molecule has 1 fully saturated rings. The van der Waals surface area contributed by atoms with Crippen LogP contribution in [0.5, 0.6) is 0 Å². The van der Waals surface area contributed by atoms with Crippen LogP contribution in [-0.2, 0) is 9.53 Å². The molecule has 0 aromatic carbocycles. The van der Waals surface area contributed by atoms with E-state index < -0.39 is 0 Å². The summed E-state index contributed by atoms with van der Waals surface area (Å²) in [4.78, 5) is 12.1. The Labute approximate surface area is 124 Å². The monoisotopic (exact) mass is 283 g/mol. The van der Waals surface area contributed by atoms with Crippen molar-refractivity contribution in [1.29, 1.82) is 0 Å². The van der Waals surface area contributed by atoms with Crippen LogP contribution in [0.2, 0.25) is 0 Å². The van der Waals surface area contributed by atoms with E-state index in [4.69, 9.17) is 4.74 Å². The molecule has 1 aliphatic rings. The van der Waals surface area contributed by atoms with Gasteiger partial charge in [0.25, 0.3) is 0 Å². The molecule has 0 radical (unpaired) electrons. The number of esters is 1. The third-order valence-electron chi connectivity index (χ3n) is 4.69. The zero-order valence-corrected chi connectivity index (χ0v) is 14.0. The number of carbonyl (C=O) groups is 1. The lowest BCUT2D eigenvalue weighted by molar-refractivity contribution is -0.146. The summed E-state index contributed by atoms with van der Waals surface area (Å²) in [6.07, 6.45) is 5.21. The molecule has 0 heterocycles. The van der Waals surface area contributed by atoms with Crippen LogP contribution in [0.4, 0.5) is 0 Å². The average molecular weight is 283 g/mol. The van der Waals surface area contributed by atoms with Gasteiger partial charge in [0.1, 0.15) is 0 Å². The maximum absolute atomic E-state index is 12.1. The zero-order chi connectivity index (χ0) is 15.2. The van der Waals surface area contributed by atoms with E-state index >= 15 is 0 Å². The molecule has 1 aliphatic carbocycles. The quantitative estimate of drug-likeness (QED) is 0.723. The minimum absolute atomic E-state index is 0.0455. The highest BCUT2D eigenvalue weighted by Gasteiger charge is 2.45. The smallest absolute Gasteiger partial charge is 0.307 e. The second-order valence-corrected chi connectivity index (χ2v) is 6.80. The van der Waals surface area contributed by atoms with Gasteiger partial charge in [0, 0.05) is 5.54 Å². The van der Waals surface area contributed by atoms with Crippen LogP contribution in [0.15, 0.2) is 0 Å². The minimum Gasteiger partial charge on any atom is -0.466 e. The molecular weight excluding hydrogens is 250 g/mol. The summed E-state index contributed by atoms with van der Waals surface area (Å²) in [5, 5.41) is 3.74. The highest BCUT2D eigenvalue weighted by atomic mass is 16.5. The predicted molar refractivity (Wildman–Crippen MR) is 83.6 cm³/mol. The first-order chi connectivity index (χ1) is 9.45. The van der Waals surface area contributed by atoms with Gasteiger partial charge in [-0.3, -0.25) is 4.79 Å². The third-order valence-corrected chi connectivity index (χ3v) is 4.69. The summed E-state index contributed by atoms with van der Waals surface area (Å²) in [6, 6.07) is 0. The van der Waals surface area contributed by atoms with Gasteiger partial charge in [-0.1, -0.05) is 34.1 Å². The van der Waals surface area contributed by atoms with Crippen LogP contribution in [0.3, 0.4) is 0 Å². The summed E-state index contributed by atoms with van der Waals surface area (Å²) in [7, 11) is 0. The topological polar surface area (TPSA) is 38.3 Å². The third kappa shape index (κ3) is 4.47. The maximum atomic E-state index is 12.1. The molecule has 1 rings (SSSR count). The van der Waals surface area contributed by atoms with Gasteiger partial charge in [0.15, 0.2) is 0 Å². The molecule has 0 bridgehead atoms. The highest BCUT2D eigenvalue weighted by molar-refractivity contribution is 5.71. The zero-order valence-electron chi connectivity index (χ0n) is 14.0. The molecule has 0 aromatic rings. The average Bonchev–Trinajstić information content (AvgIpc) is 2.36. The molecule has 0 amide bonds. The number of rotatable bonds is 7. The van der Waals surface area contributed by atoms with Gasteiger partial charge < -0.3 is 10.1 Å². The van der Waals surface area contributed by atoms with Crippen LogP contribution >= 0.6 is 0 Å². The first-order valence-corrected chi connectivity index (χ1v) is 8.35. The molecule has 0 aliphatic heterocycles. The number of hydrogen-bond acceptors (Lipinski definition) is 3. The summed E-state index contributed by atoms with van der Waals surface area (Å²) in [5.74, 6) is 1.80. The van der Waals surface area contributed by atoms with Crippen molar-refractivity contribution in [2.45, 2.75) is 72.3 Å². The molecule has 0 spiro atoms. The first kappa shape index (κ1) is 17.5. The van der Waals surface area contributed by atoms with E-state index in [1.807, 2.05) is 6.92 Å². The Balaban J connectivity index is 2.93. The fourth-order valence-electron chi connectivity index (χ4n) is 3.90. The largest absolute Gasteiger partial charge is 0.466 e. The fourth-order valence-corrected chi connectivity index (χ4v) is 3.90. The lowest BCUT2D eigenvalue weighted by atomic mass is 9.63. The number of carbonyl (C=O) groups excluding carboxylic acids is 1. The van der Waals surface area contributed by atoms with Gasteiger partial charge >= 0.3 is 5.97 Å². The Morgan fingerprint density at radius 1 is 1.35 bits per heavy atom. The van der Waals surface area contributed by atoms with Crippen LogP contribution < -0.4 is 5.32 Å². The fraction of sp³-hybridized carbons (Fsp3) is 0.941. The normalized spacial score (nSPS) is 30.5. The summed E-state index contributed by atoms with van der Waals surface area (Å²) in [5.41, 5.74) is -0.0614. The van der Waals surface area contributed by atoms with Gasteiger partial charge in [-0.05, 0) is 50.5 Å². The Morgan fingerprint density at radius 2 is 2.05 bits per heavy atom. The van der Waals surface area contributed by atoms with E-state index in [1.54, 1.807) is 0 Å². The molecule has 3 nitrogen and oxygen atoms in total. The van der Waals surface area contributed by atoms with Gasteiger partial charge in [-0.2, -0.15) is 0 Å². The Hall–Kier alpha value is -0.570. The molecule has 118 valence electrons. The lowest BCUT2D eigenvalue weighted by Gasteiger charge is -2.48. The maximum Gasteiger partial charge on any atom is 0.307 e. The lowest BCUT2D eigenvalue weighted by Crippen LogP contribution is -2.57. The standard InChI is InChI=1S/C17H33NO2/c1-6-10-18-17(12-16(19)20-7-2)11-14(5)8-9-15(17)13(3)4/h13-15,18H,6-12H2,1-5H3. The number of ether oxygens (including phenoxy) is 1. The van der Waals surface area contributed by atoms with Crippen molar-refractivity contribution in [1.82, 2.24) is 5.32 Å². The van der Waals surface area contributed by atoms with Crippen molar-refractivity contribution in [2.75, 3.05) is 13.2 Å². The van der Waals surface area contributed by atoms with Gasteiger partial charge in [0.2, 0.25) is 0 Å². The molecule has 1 saturated carbocycles. The van der Waals surface area contributed by atoms with Gasteiger partial charge in [-0.25, -0.2) is 0 Å². The molecule has 0 aromatic heterocycles.